The van der Waals surface area contributed by atoms with Crippen LogP contribution in [0, 0.1) is 11.6 Å². The second-order valence-corrected chi connectivity index (χ2v) is 9.18. The van der Waals surface area contributed by atoms with E-state index >= 15 is 0 Å². The highest BCUT2D eigenvalue weighted by Gasteiger charge is 2.26. The molecular formula is C24H32F2N6O3. The maximum atomic E-state index is 14.8. The average molecular weight is 491 g/mol. The number of likely N-dealkylation sites (N-methyl/N-ethyl adjacent to an activating group) is 1. The fraction of sp³-hybridized carbons (Fsp3) is 0.542. The van der Waals surface area contributed by atoms with Gasteiger partial charge >= 0.3 is 6.09 Å². The number of halogens is 2. The lowest BCUT2D eigenvalue weighted by Gasteiger charge is -2.34. The lowest BCUT2D eigenvalue weighted by Crippen LogP contribution is -2.44. The number of rotatable bonds is 6. The minimum Gasteiger partial charge on any atom is -0.474 e. The molecule has 11 heteroatoms. The Labute approximate surface area is 204 Å². The molecule has 190 valence electrons. The summed E-state index contributed by atoms with van der Waals surface area (Å²) >= 11 is 0. The van der Waals surface area contributed by atoms with E-state index in [-0.39, 0.29) is 29.7 Å². The standard InChI is InChI=1S/C24H32F2N6O3/c1-16(2)34-24(33)32-6-4-17(5-7-32)35-23-14-22(27-15-28-23)29-20-12-19(26)21(13-18(20)25)31-10-8-30(3)9-11-31/h12-17H,4-11H2,1-3H3,(H,27,28,29). The van der Waals surface area contributed by atoms with Crippen LogP contribution in [-0.4, -0.2) is 84.4 Å². The summed E-state index contributed by atoms with van der Waals surface area (Å²) in [6, 6.07) is 3.92. The van der Waals surface area contributed by atoms with E-state index in [1.165, 1.54) is 12.4 Å². The van der Waals surface area contributed by atoms with E-state index in [9.17, 15) is 13.6 Å². The van der Waals surface area contributed by atoms with Gasteiger partial charge in [-0.1, -0.05) is 0 Å². The van der Waals surface area contributed by atoms with Gasteiger partial charge in [-0.2, -0.15) is 0 Å². The molecule has 35 heavy (non-hydrogen) atoms. The SMILES string of the molecule is CC(C)OC(=O)N1CCC(Oc2cc(Nc3cc(F)c(N4CCN(C)CC4)cc3F)ncn2)CC1. The first-order valence-corrected chi connectivity index (χ1v) is 11.9. The molecule has 1 amide bonds. The number of ether oxygens (including phenoxy) is 2. The molecular weight excluding hydrogens is 458 g/mol. The molecule has 0 bridgehead atoms. The van der Waals surface area contributed by atoms with E-state index < -0.39 is 11.6 Å². The van der Waals surface area contributed by atoms with Gasteiger partial charge in [0.1, 0.15) is 29.9 Å². The zero-order chi connectivity index (χ0) is 24.9. The van der Waals surface area contributed by atoms with Crippen LogP contribution >= 0.6 is 0 Å². The smallest absolute Gasteiger partial charge is 0.410 e. The third-order valence-electron chi connectivity index (χ3n) is 6.11. The summed E-state index contributed by atoms with van der Waals surface area (Å²) in [4.78, 5) is 25.9. The lowest BCUT2D eigenvalue weighted by molar-refractivity contribution is 0.0507. The van der Waals surface area contributed by atoms with Crippen molar-refractivity contribution in [2.45, 2.75) is 38.9 Å². The maximum absolute atomic E-state index is 14.8. The number of nitrogens with one attached hydrogen (secondary N) is 1. The van der Waals surface area contributed by atoms with Crippen LogP contribution in [0.15, 0.2) is 24.5 Å². The summed E-state index contributed by atoms with van der Waals surface area (Å²) in [6.45, 7) is 7.56. The van der Waals surface area contributed by atoms with Crippen LogP contribution < -0.4 is 15.0 Å². The zero-order valence-electron chi connectivity index (χ0n) is 20.3. The van der Waals surface area contributed by atoms with Crippen molar-refractivity contribution in [2.24, 2.45) is 0 Å². The Balaban J connectivity index is 1.36. The number of likely N-dealkylation sites (tertiary alicyclic amines) is 1. The average Bonchev–Trinajstić information content (AvgIpc) is 2.82. The quantitative estimate of drug-likeness (QED) is 0.657. The summed E-state index contributed by atoms with van der Waals surface area (Å²) < 4.78 is 40.8. The van der Waals surface area contributed by atoms with Crippen LogP contribution in [0.1, 0.15) is 26.7 Å². The number of hydrogen-bond donors (Lipinski definition) is 1. The fourth-order valence-electron chi connectivity index (χ4n) is 4.14. The van der Waals surface area contributed by atoms with Crippen LogP contribution in [0.2, 0.25) is 0 Å². The molecule has 0 radical (unpaired) electrons. The molecule has 1 aromatic heterocycles. The minimum absolute atomic E-state index is 0.0120. The first-order valence-electron chi connectivity index (χ1n) is 11.9. The van der Waals surface area contributed by atoms with Crippen molar-refractivity contribution in [1.29, 1.82) is 0 Å². The topological polar surface area (TPSA) is 83.1 Å². The van der Waals surface area contributed by atoms with Crippen LogP contribution in [0.4, 0.5) is 30.8 Å². The molecule has 4 rings (SSSR count). The van der Waals surface area contributed by atoms with Gasteiger partial charge in [-0.05, 0) is 20.9 Å². The molecule has 0 saturated carbocycles. The summed E-state index contributed by atoms with van der Waals surface area (Å²) in [5.41, 5.74) is 0.249. The third kappa shape index (κ3) is 6.47. The molecule has 0 atom stereocenters. The van der Waals surface area contributed by atoms with Crippen molar-refractivity contribution in [2.75, 3.05) is 56.5 Å². The van der Waals surface area contributed by atoms with Gasteiger partial charge in [0.25, 0.3) is 0 Å². The Morgan fingerprint density at radius 3 is 2.43 bits per heavy atom. The van der Waals surface area contributed by atoms with Crippen molar-refractivity contribution in [3.05, 3.63) is 36.2 Å². The molecule has 3 heterocycles. The monoisotopic (exact) mass is 490 g/mol. The Kier molecular flexibility index (Phi) is 7.84. The number of piperidine rings is 1. The number of carbonyl (C=O) groups excluding carboxylic acids is 1. The second-order valence-electron chi connectivity index (χ2n) is 9.18. The summed E-state index contributed by atoms with van der Waals surface area (Å²) in [6.07, 6.45) is 1.96. The van der Waals surface area contributed by atoms with E-state index in [1.54, 1.807) is 11.0 Å². The Morgan fingerprint density at radius 1 is 1.03 bits per heavy atom. The van der Waals surface area contributed by atoms with Crippen molar-refractivity contribution in [1.82, 2.24) is 19.8 Å². The summed E-state index contributed by atoms with van der Waals surface area (Å²) in [7, 11) is 2.01. The molecule has 2 aliphatic heterocycles. The molecule has 1 N–H and O–H groups in total. The number of anilines is 3. The van der Waals surface area contributed by atoms with E-state index in [0.717, 1.165) is 19.2 Å². The Morgan fingerprint density at radius 2 is 1.74 bits per heavy atom. The molecule has 2 aliphatic rings. The summed E-state index contributed by atoms with van der Waals surface area (Å²) in [5, 5.41) is 2.83. The molecule has 1 aromatic carbocycles. The van der Waals surface area contributed by atoms with Gasteiger partial charge in [0, 0.05) is 70.3 Å². The van der Waals surface area contributed by atoms with Gasteiger partial charge in [0.05, 0.1) is 17.5 Å². The van der Waals surface area contributed by atoms with Crippen LogP contribution in [-0.2, 0) is 4.74 Å². The first kappa shape index (κ1) is 24.9. The van der Waals surface area contributed by atoms with Crippen molar-refractivity contribution in [3.8, 4) is 5.88 Å². The van der Waals surface area contributed by atoms with E-state index in [4.69, 9.17) is 9.47 Å². The zero-order valence-corrected chi connectivity index (χ0v) is 20.3. The first-order chi connectivity index (χ1) is 16.8. The molecule has 0 spiro atoms. The largest absolute Gasteiger partial charge is 0.474 e. The Bertz CT molecular complexity index is 1020. The van der Waals surface area contributed by atoms with Crippen LogP contribution in [0.25, 0.3) is 0 Å². The number of carbonyl (C=O) groups is 1. The highest BCUT2D eigenvalue weighted by Crippen LogP contribution is 2.29. The number of aromatic nitrogens is 2. The van der Waals surface area contributed by atoms with E-state index in [0.29, 0.717) is 50.7 Å². The van der Waals surface area contributed by atoms with E-state index in [1.807, 2.05) is 25.8 Å². The molecule has 9 nitrogen and oxygen atoms in total. The predicted molar refractivity (Wildman–Crippen MR) is 128 cm³/mol. The van der Waals surface area contributed by atoms with Crippen molar-refractivity contribution in [3.63, 3.8) is 0 Å². The second kappa shape index (κ2) is 11.0. The molecule has 2 aromatic rings. The number of nitrogens with zero attached hydrogens (tertiary/aromatic N) is 5. The summed E-state index contributed by atoms with van der Waals surface area (Å²) in [5.74, 6) is -0.451. The normalized spacial score (nSPS) is 17.5. The van der Waals surface area contributed by atoms with Crippen molar-refractivity contribution < 1.29 is 23.0 Å². The van der Waals surface area contributed by atoms with Crippen LogP contribution in [0.3, 0.4) is 0 Å². The van der Waals surface area contributed by atoms with E-state index in [2.05, 4.69) is 20.2 Å². The highest BCUT2D eigenvalue weighted by atomic mass is 19.1. The van der Waals surface area contributed by atoms with Gasteiger partial charge < -0.3 is 29.5 Å². The Hall–Kier alpha value is -3.21. The van der Waals surface area contributed by atoms with Gasteiger partial charge in [0.15, 0.2) is 0 Å². The van der Waals surface area contributed by atoms with Gasteiger partial charge in [-0.15, -0.1) is 0 Å². The number of amides is 1. The molecule has 0 unspecified atom stereocenters. The number of piperazine rings is 1. The van der Waals surface area contributed by atoms with Crippen molar-refractivity contribution >= 4 is 23.3 Å². The number of hydrogen-bond acceptors (Lipinski definition) is 8. The number of benzene rings is 1. The molecule has 2 fully saturated rings. The third-order valence-corrected chi connectivity index (χ3v) is 6.11. The van der Waals surface area contributed by atoms with Gasteiger partial charge in [-0.3, -0.25) is 0 Å². The molecule has 0 aliphatic carbocycles. The molecule has 2 saturated heterocycles. The fourth-order valence-corrected chi connectivity index (χ4v) is 4.14. The highest BCUT2D eigenvalue weighted by molar-refractivity contribution is 5.68. The van der Waals surface area contributed by atoms with Crippen LogP contribution in [0.5, 0.6) is 5.88 Å². The van der Waals surface area contributed by atoms with Gasteiger partial charge in [-0.25, -0.2) is 23.5 Å². The lowest BCUT2D eigenvalue weighted by atomic mass is 10.1. The maximum Gasteiger partial charge on any atom is 0.410 e. The van der Waals surface area contributed by atoms with Gasteiger partial charge in [0.2, 0.25) is 5.88 Å². The minimum atomic E-state index is -0.568. The predicted octanol–water partition coefficient (Wildman–Crippen LogP) is 3.64.